The second-order valence-electron chi connectivity index (χ2n) is 5.12. The van der Waals surface area contributed by atoms with Crippen LogP contribution < -0.4 is 16.0 Å². The Morgan fingerprint density at radius 2 is 2.35 bits per heavy atom. The van der Waals surface area contributed by atoms with Gasteiger partial charge in [-0.25, -0.2) is 5.43 Å². The van der Waals surface area contributed by atoms with Gasteiger partial charge in [-0.3, -0.25) is 10.5 Å². The maximum atomic E-state index is 5.80. The van der Waals surface area contributed by atoms with E-state index in [4.69, 9.17) is 10.6 Å². The van der Waals surface area contributed by atoms with Crippen LogP contribution in [0.2, 0.25) is 0 Å². The van der Waals surface area contributed by atoms with E-state index < -0.39 is 0 Å². The summed E-state index contributed by atoms with van der Waals surface area (Å²) in [6.45, 7) is 2.88. The van der Waals surface area contributed by atoms with Gasteiger partial charge in [0.15, 0.2) is 0 Å². The summed E-state index contributed by atoms with van der Waals surface area (Å²) in [6.07, 6.45) is 3.89. The smallest absolute Gasteiger partial charge is 0.122 e. The van der Waals surface area contributed by atoms with Crippen molar-refractivity contribution in [3.05, 3.63) is 46.8 Å². The van der Waals surface area contributed by atoms with Crippen LogP contribution in [0.1, 0.15) is 35.3 Å². The third-order valence-corrected chi connectivity index (χ3v) is 3.80. The van der Waals surface area contributed by atoms with Crippen LogP contribution in [0.3, 0.4) is 0 Å². The lowest BCUT2D eigenvalue weighted by molar-refractivity contribution is 0.357. The summed E-state index contributed by atoms with van der Waals surface area (Å²) in [5.41, 5.74) is 7.54. The zero-order valence-electron chi connectivity index (χ0n) is 11.9. The molecule has 0 fully saturated rings. The van der Waals surface area contributed by atoms with Crippen LogP contribution in [0.5, 0.6) is 5.75 Å². The molecule has 0 saturated heterocycles. The Labute approximate surface area is 118 Å². The average Bonchev–Trinajstić information content (AvgIpc) is 3.05. The highest BCUT2D eigenvalue weighted by molar-refractivity contribution is 5.43. The van der Waals surface area contributed by atoms with E-state index in [1.54, 1.807) is 0 Å². The van der Waals surface area contributed by atoms with Gasteiger partial charge in [-0.1, -0.05) is 19.1 Å². The third-order valence-electron chi connectivity index (χ3n) is 3.80. The average molecular weight is 272 g/mol. The minimum Gasteiger partial charge on any atom is -0.493 e. The van der Waals surface area contributed by atoms with E-state index in [2.05, 4.69) is 29.6 Å². The van der Waals surface area contributed by atoms with Gasteiger partial charge in [0.25, 0.3) is 0 Å². The van der Waals surface area contributed by atoms with E-state index in [1.165, 1.54) is 5.56 Å². The number of fused-ring (bicyclic) bond motifs is 1. The topological polar surface area (TPSA) is 65.1 Å². The zero-order valence-corrected chi connectivity index (χ0v) is 11.9. The summed E-state index contributed by atoms with van der Waals surface area (Å²) in [7, 11) is 1.94. The number of ether oxygens (including phenoxy) is 1. The largest absolute Gasteiger partial charge is 0.493 e. The number of hydrazine groups is 1. The molecule has 5 nitrogen and oxygen atoms in total. The third kappa shape index (κ3) is 2.19. The molecule has 5 heteroatoms. The predicted octanol–water partition coefficient (Wildman–Crippen LogP) is 1.47. The van der Waals surface area contributed by atoms with Crippen molar-refractivity contribution in [2.45, 2.75) is 25.8 Å². The lowest BCUT2D eigenvalue weighted by Crippen LogP contribution is -2.29. The minimum absolute atomic E-state index is 0.0375. The summed E-state index contributed by atoms with van der Waals surface area (Å²) >= 11 is 0. The van der Waals surface area contributed by atoms with E-state index in [0.717, 1.165) is 42.0 Å². The summed E-state index contributed by atoms with van der Waals surface area (Å²) in [6, 6.07) is 6.24. The fourth-order valence-corrected chi connectivity index (χ4v) is 2.82. The molecule has 20 heavy (non-hydrogen) atoms. The van der Waals surface area contributed by atoms with Gasteiger partial charge in [0.2, 0.25) is 0 Å². The molecule has 2 heterocycles. The predicted molar refractivity (Wildman–Crippen MR) is 77.4 cm³/mol. The molecule has 1 aliphatic rings. The molecule has 0 amide bonds. The molecule has 0 spiro atoms. The molecule has 1 aromatic heterocycles. The van der Waals surface area contributed by atoms with Crippen molar-refractivity contribution in [3.8, 4) is 5.75 Å². The number of aromatic nitrogens is 2. The highest BCUT2D eigenvalue weighted by Crippen LogP contribution is 2.31. The van der Waals surface area contributed by atoms with Crippen molar-refractivity contribution in [2.75, 3.05) is 6.61 Å². The molecule has 3 N–H and O–H groups in total. The van der Waals surface area contributed by atoms with Crippen LogP contribution in [0, 0.1) is 0 Å². The lowest BCUT2D eigenvalue weighted by Gasteiger charge is -2.17. The van der Waals surface area contributed by atoms with Gasteiger partial charge in [-0.15, -0.1) is 0 Å². The number of aryl methyl sites for hydroxylation is 2. The van der Waals surface area contributed by atoms with Gasteiger partial charge >= 0.3 is 0 Å². The van der Waals surface area contributed by atoms with Crippen LogP contribution in [0.4, 0.5) is 0 Å². The van der Waals surface area contributed by atoms with Crippen LogP contribution in [-0.4, -0.2) is 16.4 Å². The second kappa shape index (κ2) is 5.26. The molecular weight excluding hydrogens is 252 g/mol. The van der Waals surface area contributed by atoms with E-state index in [-0.39, 0.29) is 6.04 Å². The van der Waals surface area contributed by atoms with Crippen molar-refractivity contribution in [2.24, 2.45) is 12.9 Å². The summed E-state index contributed by atoms with van der Waals surface area (Å²) in [4.78, 5) is 0. The van der Waals surface area contributed by atoms with Crippen LogP contribution in [0.25, 0.3) is 0 Å². The number of nitrogens with one attached hydrogen (secondary N) is 1. The monoisotopic (exact) mass is 272 g/mol. The molecule has 1 aliphatic heterocycles. The molecule has 0 radical (unpaired) electrons. The molecule has 0 saturated carbocycles. The maximum Gasteiger partial charge on any atom is 0.122 e. The number of benzene rings is 1. The summed E-state index contributed by atoms with van der Waals surface area (Å²) in [5.74, 6) is 6.79. The molecule has 2 aromatic rings. The van der Waals surface area contributed by atoms with Crippen molar-refractivity contribution in [1.82, 2.24) is 15.2 Å². The van der Waals surface area contributed by atoms with Gasteiger partial charge in [0, 0.05) is 25.2 Å². The normalized spacial score (nSPS) is 14.9. The van der Waals surface area contributed by atoms with E-state index in [9.17, 15) is 0 Å². The Morgan fingerprint density at radius 1 is 1.50 bits per heavy atom. The van der Waals surface area contributed by atoms with E-state index in [1.807, 2.05) is 24.0 Å². The van der Waals surface area contributed by atoms with E-state index >= 15 is 0 Å². The van der Waals surface area contributed by atoms with Gasteiger partial charge in [-0.2, -0.15) is 5.10 Å². The van der Waals surface area contributed by atoms with Gasteiger partial charge in [0.1, 0.15) is 5.75 Å². The second-order valence-corrected chi connectivity index (χ2v) is 5.12. The minimum atomic E-state index is -0.0375. The number of nitrogens with zero attached hydrogens (tertiary/aromatic N) is 2. The SMILES string of the molecule is CCc1nn(C)cc1C(NN)c1ccc2c(c1)CCO2. The fraction of sp³-hybridized carbons (Fsp3) is 0.400. The fourth-order valence-electron chi connectivity index (χ4n) is 2.82. The molecule has 1 atom stereocenters. The van der Waals surface area contributed by atoms with Crippen LogP contribution >= 0.6 is 0 Å². The Morgan fingerprint density at radius 3 is 3.10 bits per heavy atom. The molecule has 106 valence electrons. The van der Waals surface area contributed by atoms with Crippen LogP contribution in [0.15, 0.2) is 24.4 Å². The lowest BCUT2D eigenvalue weighted by atomic mass is 9.96. The molecule has 1 unspecified atom stereocenters. The maximum absolute atomic E-state index is 5.80. The molecule has 0 bridgehead atoms. The number of hydrogen-bond acceptors (Lipinski definition) is 4. The van der Waals surface area contributed by atoms with Crippen molar-refractivity contribution in [3.63, 3.8) is 0 Å². The van der Waals surface area contributed by atoms with E-state index in [0.29, 0.717) is 0 Å². The Hall–Kier alpha value is -1.85. The first-order chi connectivity index (χ1) is 9.72. The first-order valence-corrected chi connectivity index (χ1v) is 6.97. The Kier molecular flexibility index (Phi) is 3.46. The quantitative estimate of drug-likeness (QED) is 0.653. The Bertz CT molecular complexity index is 620. The van der Waals surface area contributed by atoms with Gasteiger partial charge in [-0.05, 0) is 23.6 Å². The highest BCUT2D eigenvalue weighted by atomic mass is 16.5. The Balaban J connectivity index is 2.01. The summed E-state index contributed by atoms with van der Waals surface area (Å²) < 4.78 is 7.40. The van der Waals surface area contributed by atoms with Crippen molar-refractivity contribution >= 4 is 0 Å². The summed E-state index contributed by atoms with van der Waals surface area (Å²) in [5, 5.41) is 4.49. The highest BCUT2D eigenvalue weighted by Gasteiger charge is 2.21. The number of hydrogen-bond donors (Lipinski definition) is 2. The molecule has 1 aromatic carbocycles. The first-order valence-electron chi connectivity index (χ1n) is 6.97. The first kappa shape index (κ1) is 13.1. The molecule has 0 aliphatic carbocycles. The van der Waals surface area contributed by atoms with Crippen molar-refractivity contribution in [1.29, 1.82) is 0 Å². The standard InChI is InChI=1S/C15H20N4O/c1-3-13-12(9-19(2)18-13)15(17-16)11-4-5-14-10(8-11)6-7-20-14/h4-5,8-9,15,17H,3,6-7,16H2,1-2H3. The number of rotatable bonds is 4. The molecular formula is C15H20N4O. The number of nitrogens with two attached hydrogens (primary N) is 1. The van der Waals surface area contributed by atoms with Gasteiger partial charge < -0.3 is 4.74 Å². The van der Waals surface area contributed by atoms with Crippen molar-refractivity contribution < 1.29 is 4.74 Å². The zero-order chi connectivity index (χ0) is 14.1. The van der Waals surface area contributed by atoms with Gasteiger partial charge in [0.05, 0.1) is 18.3 Å². The molecule has 3 rings (SSSR count). The van der Waals surface area contributed by atoms with Crippen LogP contribution in [-0.2, 0) is 19.9 Å².